The lowest BCUT2D eigenvalue weighted by Gasteiger charge is -2.06. The lowest BCUT2D eigenvalue weighted by Crippen LogP contribution is -2.14. The van der Waals surface area contributed by atoms with Crippen molar-refractivity contribution in [1.29, 1.82) is 0 Å². The number of carbonyl (C=O) groups is 1. The highest BCUT2D eigenvalue weighted by Gasteiger charge is 2.07. The van der Waals surface area contributed by atoms with E-state index in [0.717, 1.165) is 5.56 Å². The van der Waals surface area contributed by atoms with Crippen LogP contribution in [0.25, 0.3) is 0 Å². The Morgan fingerprint density at radius 3 is 2.86 bits per heavy atom. The van der Waals surface area contributed by atoms with Crippen LogP contribution < -0.4 is 4.74 Å². The van der Waals surface area contributed by atoms with Crippen LogP contribution in [0.3, 0.4) is 0 Å². The molecule has 0 aliphatic carbocycles. The minimum Gasteiger partial charge on any atom is -0.423 e. The first-order valence-corrected chi connectivity index (χ1v) is 4.47. The summed E-state index contributed by atoms with van der Waals surface area (Å²) >= 11 is 5.82. The summed E-state index contributed by atoms with van der Waals surface area (Å²) in [7, 11) is 1.43. The number of methoxy groups -OCH3 is 1. The van der Waals surface area contributed by atoms with E-state index in [0.29, 0.717) is 10.8 Å². The number of ether oxygens (including phenoxy) is 2. The minimum atomic E-state index is -0.458. The summed E-state index contributed by atoms with van der Waals surface area (Å²) in [6.45, 7) is 1.81. The third-order valence-corrected chi connectivity index (χ3v) is 1.88. The van der Waals surface area contributed by atoms with E-state index in [9.17, 15) is 4.79 Å². The third kappa shape index (κ3) is 3.01. The highest BCUT2D eigenvalue weighted by atomic mass is 35.5. The molecule has 1 rings (SSSR count). The van der Waals surface area contributed by atoms with Gasteiger partial charge in [-0.2, -0.15) is 0 Å². The lowest BCUT2D eigenvalue weighted by molar-refractivity contribution is -0.138. The molecule has 0 heterocycles. The smallest absolute Gasteiger partial charge is 0.337 e. The van der Waals surface area contributed by atoms with E-state index >= 15 is 0 Å². The summed E-state index contributed by atoms with van der Waals surface area (Å²) in [6, 6.07) is 5.23. The maximum Gasteiger partial charge on any atom is 0.337 e. The fourth-order valence-corrected chi connectivity index (χ4v) is 1.11. The average Bonchev–Trinajstić information content (AvgIpc) is 2.12. The topological polar surface area (TPSA) is 35.5 Å². The first-order chi connectivity index (χ1) is 6.63. The molecule has 0 saturated carbocycles. The number of hydrogen-bond acceptors (Lipinski definition) is 3. The van der Waals surface area contributed by atoms with E-state index in [1.807, 2.05) is 13.0 Å². The fourth-order valence-electron chi connectivity index (χ4n) is 0.959. The van der Waals surface area contributed by atoms with Gasteiger partial charge in [0.2, 0.25) is 0 Å². The van der Waals surface area contributed by atoms with Gasteiger partial charge < -0.3 is 9.47 Å². The number of aryl methyl sites for hydroxylation is 1. The quantitative estimate of drug-likeness (QED) is 0.572. The Kier molecular flexibility index (Phi) is 3.92. The van der Waals surface area contributed by atoms with Gasteiger partial charge in [-0.25, -0.2) is 4.79 Å². The Hall–Kier alpha value is -1.06. The second-order valence-electron chi connectivity index (χ2n) is 2.84. The monoisotopic (exact) mass is 214 g/mol. The van der Waals surface area contributed by atoms with Gasteiger partial charge in [-0.3, -0.25) is 0 Å². The fraction of sp³-hybridized carbons (Fsp3) is 0.300. The van der Waals surface area contributed by atoms with Gasteiger partial charge >= 0.3 is 5.97 Å². The number of hydrogen-bond donors (Lipinski definition) is 0. The molecule has 0 spiro atoms. The van der Waals surface area contributed by atoms with E-state index in [1.54, 1.807) is 12.1 Å². The zero-order chi connectivity index (χ0) is 10.6. The largest absolute Gasteiger partial charge is 0.423 e. The molecule has 1 aromatic rings. The van der Waals surface area contributed by atoms with E-state index in [-0.39, 0.29) is 6.61 Å². The molecule has 0 aliphatic rings. The van der Waals surface area contributed by atoms with Gasteiger partial charge in [-0.15, -0.1) is 0 Å². The highest BCUT2D eigenvalue weighted by Crippen LogP contribution is 2.25. The van der Waals surface area contributed by atoms with Gasteiger partial charge in [0.25, 0.3) is 0 Å². The standard InChI is InChI=1S/C10H11ClO3/c1-7-3-4-8(11)9(5-7)14-10(12)6-13-2/h3-5H,6H2,1-2H3. The Morgan fingerprint density at radius 2 is 2.21 bits per heavy atom. The van der Waals surface area contributed by atoms with Crippen LogP contribution in [0.1, 0.15) is 5.56 Å². The van der Waals surface area contributed by atoms with E-state index in [2.05, 4.69) is 4.74 Å². The van der Waals surface area contributed by atoms with Crippen molar-refractivity contribution in [2.45, 2.75) is 6.92 Å². The maximum atomic E-state index is 11.1. The molecule has 0 atom stereocenters. The predicted molar refractivity (Wildman–Crippen MR) is 53.7 cm³/mol. The molecule has 3 nitrogen and oxygen atoms in total. The molecule has 0 radical (unpaired) electrons. The number of esters is 1. The zero-order valence-corrected chi connectivity index (χ0v) is 8.80. The van der Waals surface area contributed by atoms with Crippen LogP contribution in [-0.4, -0.2) is 19.7 Å². The predicted octanol–water partition coefficient (Wildman–Crippen LogP) is 2.20. The molecule has 76 valence electrons. The van der Waals surface area contributed by atoms with E-state index in [1.165, 1.54) is 7.11 Å². The minimum absolute atomic E-state index is 0.0791. The van der Waals surface area contributed by atoms with E-state index in [4.69, 9.17) is 16.3 Å². The van der Waals surface area contributed by atoms with Gasteiger partial charge in [0.1, 0.15) is 12.4 Å². The van der Waals surface area contributed by atoms with Crippen molar-refractivity contribution in [2.24, 2.45) is 0 Å². The first-order valence-electron chi connectivity index (χ1n) is 4.09. The van der Waals surface area contributed by atoms with Crippen molar-refractivity contribution >= 4 is 17.6 Å². The molecular weight excluding hydrogens is 204 g/mol. The van der Waals surface area contributed by atoms with Crippen LogP contribution in [0.2, 0.25) is 5.02 Å². The molecule has 0 aliphatic heterocycles. The van der Waals surface area contributed by atoms with Crippen molar-refractivity contribution in [3.8, 4) is 5.75 Å². The van der Waals surface area contributed by atoms with Crippen LogP contribution in [0, 0.1) is 6.92 Å². The van der Waals surface area contributed by atoms with Crippen LogP contribution in [0.5, 0.6) is 5.75 Å². The average molecular weight is 215 g/mol. The van der Waals surface area contributed by atoms with Gasteiger partial charge in [0, 0.05) is 7.11 Å². The molecule has 0 aromatic heterocycles. The molecule has 4 heteroatoms. The van der Waals surface area contributed by atoms with Crippen molar-refractivity contribution in [1.82, 2.24) is 0 Å². The van der Waals surface area contributed by atoms with Crippen LogP contribution in [-0.2, 0) is 9.53 Å². The highest BCUT2D eigenvalue weighted by molar-refractivity contribution is 6.32. The first kappa shape index (κ1) is 11.0. The molecular formula is C10H11ClO3. The SMILES string of the molecule is COCC(=O)Oc1cc(C)ccc1Cl. The molecule has 0 amide bonds. The summed E-state index contributed by atoms with van der Waals surface area (Å²) < 4.78 is 9.60. The molecule has 0 N–H and O–H groups in total. The number of rotatable bonds is 3. The Bertz CT molecular complexity index is 336. The summed E-state index contributed by atoms with van der Waals surface area (Å²) in [5.74, 6) is -0.0892. The Labute approximate surface area is 87.6 Å². The summed E-state index contributed by atoms with van der Waals surface area (Å²) in [5.41, 5.74) is 0.981. The third-order valence-electron chi connectivity index (χ3n) is 1.57. The second-order valence-corrected chi connectivity index (χ2v) is 3.25. The zero-order valence-electron chi connectivity index (χ0n) is 8.04. The molecule has 0 bridgehead atoms. The van der Waals surface area contributed by atoms with Crippen LogP contribution in [0.15, 0.2) is 18.2 Å². The molecule has 0 unspecified atom stereocenters. The van der Waals surface area contributed by atoms with E-state index < -0.39 is 5.97 Å². The summed E-state index contributed by atoms with van der Waals surface area (Å²) in [5, 5.41) is 0.417. The van der Waals surface area contributed by atoms with Gasteiger partial charge in [-0.05, 0) is 24.6 Å². The maximum absolute atomic E-state index is 11.1. The molecule has 1 aromatic carbocycles. The number of halogens is 1. The molecule has 14 heavy (non-hydrogen) atoms. The van der Waals surface area contributed by atoms with Crippen molar-refractivity contribution in [2.75, 3.05) is 13.7 Å². The molecule has 0 fully saturated rings. The lowest BCUT2D eigenvalue weighted by atomic mass is 10.2. The van der Waals surface area contributed by atoms with Crippen molar-refractivity contribution < 1.29 is 14.3 Å². The second kappa shape index (κ2) is 4.98. The van der Waals surface area contributed by atoms with Gasteiger partial charge in [-0.1, -0.05) is 17.7 Å². The van der Waals surface area contributed by atoms with Crippen molar-refractivity contribution in [3.05, 3.63) is 28.8 Å². The van der Waals surface area contributed by atoms with Crippen LogP contribution >= 0.6 is 11.6 Å². The van der Waals surface area contributed by atoms with Crippen LogP contribution in [0.4, 0.5) is 0 Å². The Morgan fingerprint density at radius 1 is 1.50 bits per heavy atom. The summed E-state index contributed by atoms with van der Waals surface area (Å²) in [4.78, 5) is 11.1. The normalized spacial score (nSPS) is 9.93. The van der Waals surface area contributed by atoms with Gasteiger partial charge in [0.15, 0.2) is 0 Å². The molecule has 0 saturated heterocycles. The van der Waals surface area contributed by atoms with Gasteiger partial charge in [0.05, 0.1) is 5.02 Å². The number of benzene rings is 1. The van der Waals surface area contributed by atoms with Crippen molar-refractivity contribution in [3.63, 3.8) is 0 Å². The Balaban J connectivity index is 2.75. The summed E-state index contributed by atoms with van der Waals surface area (Å²) in [6.07, 6.45) is 0. The number of carbonyl (C=O) groups excluding carboxylic acids is 1.